The van der Waals surface area contributed by atoms with E-state index in [1.807, 2.05) is 35.2 Å². The Labute approximate surface area is 185 Å². The van der Waals surface area contributed by atoms with Gasteiger partial charge in [-0.1, -0.05) is 42.1 Å². The van der Waals surface area contributed by atoms with Crippen molar-refractivity contribution in [3.63, 3.8) is 0 Å². The minimum absolute atomic E-state index is 0.00219. The molecule has 0 saturated carbocycles. The summed E-state index contributed by atoms with van der Waals surface area (Å²) >= 11 is 1.24. The van der Waals surface area contributed by atoms with Crippen molar-refractivity contribution in [1.29, 1.82) is 0 Å². The molecule has 31 heavy (non-hydrogen) atoms. The number of hydrogen-bond donors (Lipinski definition) is 0. The standard InChI is InChI=1S/C22H22N2O5S2/c1-15(25)17-7-9-18(10-8-17)24-20-14-31(27,28)13-19(20)23-22(24)30-12-21(26)29-11-16-5-3-2-4-6-16/h2-10,19-20H,11-14H2,1H3/t19-,20-/m1/s1. The zero-order valence-corrected chi connectivity index (χ0v) is 18.6. The van der Waals surface area contributed by atoms with E-state index in [9.17, 15) is 18.0 Å². The van der Waals surface area contributed by atoms with E-state index in [0.29, 0.717) is 10.7 Å². The van der Waals surface area contributed by atoms with Gasteiger partial charge in [0, 0.05) is 11.3 Å². The van der Waals surface area contributed by atoms with Crippen LogP contribution < -0.4 is 4.90 Å². The summed E-state index contributed by atoms with van der Waals surface area (Å²) in [6.07, 6.45) is 0. The topological polar surface area (TPSA) is 93.1 Å². The molecule has 2 aliphatic rings. The monoisotopic (exact) mass is 458 g/mol. The number of carbonyl (C=O) groups excluding carboxylic acids is 2. The third-order valence-corrected chi connectivity index (χ3v) is 7.86. The Morgan fingerprint density at radius 2 is 1.81 bits per heavy atom. The zero-order valence-electron chi connectivity index (χ0n) is 16.9. The van der Waals surface area contributed by atoms with Gasteiger partial charge in [-0.05, 0) is 36.8 Å². The summed E-state index contributed by atoms with van der Waals surface area (Å²) in [6, 6.07) is 15.8. The SMILES string of the molecule is CC(=O)c1ccc(N2C(SCC(=O)OCc3ccccc3)=N[C@@H]3CS(=O)(=O)C[C@H]32)cc1. The molecule has 0 bridgehead atoms. The van der Waals surface area contributed by atoms with Gasteiger partial charge in [0.15, 0.2) is 20.8 Å². The molecule has 7 nitrogen and oxygen atoms in total. The number of Topliss-reactive ketones (excluding diaryl/α,β-unsaturated/α-hetero) is 1. The summed E-state index contributed by atoms with van der Waals surface area (Å²) < 4.78 is 29.6. The lowest BCUT2D eigenvalue weighted by molar-refractivity contribution is -0.141. The van der Waals surface area contributed by atoms with E-state index >= 15 is 0 Å². The molecule has 2 atom stereocenters. The first-order valence-corrected chi connectivity index (χ1v) is 12.6. The second kappa shape index (κ2) is 8.84. The van der Waals surface area contributed by atoms with Gasteiger partial charge in [-0.3, -0.25) is 14.6 Å². The van der Waals surface area contributed by atoms with Crippen LogP contribution >= 0.6 is 11.8 Å². The number of aliphatic imine (C=N–C) groups is 1. The van der Waals surface area contributed by atoms with Gasteiger partial charge >= 0.3 is 5.97 Å². The molecular formula is C22H22N2O5S2. The number of ketones is 1. The van der Waals surface area contributed by atoms with Crippen LogP contribution in [-0.4, -0.2) is 54.7 Å². The summed E-state index contributed by atoms with van der Waals surface area (Å²) in [5, 5.41) is 0.595. The average molecular weight is 459 g/mol. The molecule has 162 valence electrons. The molecule has 0 aliphatic carbocycles. The quantitative estimate of drug-likeness (QED) is 0.485. The van der Waals surface area contributed by atoms with Crippen molar-refractivity contribution >= 4 is 44.2 Å². The summed E-state index contributed by atoms with van der Waals surface area (Å²) in [5.74, 6) is -0.327. The first-order chi connectivity index (χ1) is 14.8. The van der Waals surface area contributed by atoms with Crippen LogP contribution in [0.25, 0.3) is 0 Å². The number of amidine groups is 1. The number of anilines is 1. The van der Waals surface area contributed by atoms with Gasteiger partial charge in [0.25, 0.3) is 0 Å². The third-order valence-electron chi connectivity index (χ3n) is 5.22. The highest BCUT2D eigenvalue weighted by Crippen LogP contribution is 2.35. The molecule has 0 radical (unpaired) electrons. The highest BCUT2D eigenvalue weighted by atomic mass is 32.2. The first kappa shape index (κ1) is 21.6. The van der Waals surface area contributed by atoms with Gasteiger partial charge in [-0.2, -0.15) is 0 Å². The van der Waals surface area contributed by atoms with E-state index < -0.39 is 9.84 Å². The highest BCUT2D eigenvalue weighted by molar-refractivity contribution is 8.14. The third kappa shape index (κ3) is 4.99. The van der Waals surface area contributed by atoms with Gasteiger partial charge in [-0.15, -0.1) is 0 Å². The number of sulfone groups is 1. The number of nitrogens with zero attached hydrogens (tertiary/aromatic N) is 2. The molecule has 2 aliphatic heterocycles. The lowest BCUT2D eigenvalue weighted by atomic mass is 10.1. The fourth-order valence-corrected chi connectivity index (χ4v) is 6.46. The van der Waals surface area contributed by atoms with Crippen LogP contribution in [0.2, 0.25) is 0 Å². The van der Waals surface area contributed by atoms with Crippen LogP contribution in [0.15, 0.2) is 59.6 Å². The molecule has 1 saturated heterocycles. The van der Waals surface area contributed by atoms with Gasteiger partial charge < -0.3 is 9.64 Å². The van der Waals surface area contributed by atoms with Gasteiger partial charge in [0.2, 0.25) is 0 Å². The van der Waals surface area contributed by atoms with Crippen molar-refractivity contribution < 1.29 is 22.7 Å². The Morgan fingerprint density at radius 3 is 2.48 bits per heavy atom. The molecule has 9 heteroatoms. The smallest absolute Gasteiger partial charge is 0.316 e. The van der Waals surface area contributed by atoms with Crippen molar-refractivity contribution in [2.24, 2.45) is 4.99 Å². The molecule has 0 N–H and O–H groups in total. The maximum Gasteiger partial charge on any atom is 0.316 e. The molecule has 0 unspecified atom stereocenters. The van der Waals surface area contributed by atoms with Gasteiger partial charge in [0.05, 0.1) is 29.3 Å². The summed E-state index contributed by atoms with van der Waals surface area (Å²) in [7, 11) is -3.17. The number of carbonyl (C=O) groups is 2. The number of thioether (sulfide) groups is 1. The fourth-order valence-electron chi connectivity index (χ4n) is 3.70. The van der Waals surface area contributed by atoms with Crippen LogP contribution in [0, 0.1) is 0 Å². The largest absolute Gasteiger partial charge is 0.460 e. The molecule has 2 heterocycles. The van der Waals surface area contributed by atoms with Crippen LogP contribution in [0.5, 0.6) is 0 Å². The van der Waals surface area contributed by atoms with Gasteiger partial charge in [0.1, 0.15) is 6.61 Å². The lowest BCUT2D eigenvalue weighted by Crippen LogP contribution is -2.39. The van der Waals surface area contributed by atoms with Crippen molar-refractivity contribution in [3.8, 4) is 0 Å². The van der Waals surface area contributed by atoms with E-state index in [0.717, 1.165) is 11.3 Å². The Bertz CT molecular complexity index is 1110. The van der Waals surface area contributed by atoms with Crippen LogP contribution in [0.1, 0.15) is 22.8 Å². The van der Waals surface area contributed by atoms with Crippen LogP contribution in [0.4, 0.5) is 5.69 Å². The Kier molecular flexibility index (Phi) is 6.15. The van der Waals surface area contributed by atoms with Crippen molar-refractivity contribution in [1.82, 2.24) is 0 Å². The zero-order chi connectivity index (χ0) is 22.0. The fraction of sp³-hybridized carbons (Fsp3) is 0.318. The summed E-state index contributed by atoms with van der Waals surface area (Å²) in [6.45, 7) is 1.70. The molecule has 2 aromatic rings. The maximum atomic E-state index is 12.2. The predicted octanol–water partition coefficient (Wildman–Crippen LogP) is 2.71. The van der Waals surface area contributed by atoms with Crippen molar-refractivity contribution in [3.05, 3.63) is 65.7 Å². The van der Waals surface area contributed by atoms with E-state index in [2.05, 4.69) is 4.99 Å². The molecule has 0 spiro atoms. The molecule has 0 aromatic heterocycles. The number of ether oxygens (including phenoxy) is 1. The maximum absolute atomic E-state index is 12.2. The lowest BCUT2D eigenvalue weighted by Gasteiger charge is -2.26. The number of esters is 1. The second-order valence-electron chi connectivity index (χ2n) is 7.53. The van der Waals surface area contributed by atoms with Crippen LogP contribution in [-0.2, 0) is 26.0 Å². The molecular weight excluding hydrogens is 436 g/mol. The molecule has 0 amide bonds. The second-order valence-corrected chi connectivity index (χ2v) is 10.6. The van der Waals surface area contributed by atoms with E-state index in [1.165, 1.54) is 18.7 Å². The van der Waals surface area contributed by atoms with E-state index in [1.54, 1.807) is 24.3 Å². The predicted molar refractivity (Wildman–Crippen MR) is 121 cm³/mol. The normalized spacial score (nSPS) is 21.5. The number of hydrogen-bond acceptors (Lipinski definition) is 8. The number of benzene rings is 2. The summed E-state index contributed by atoms with van der Waals surface area (Å²) in [4.78, 5) is 30.3. The van der Waals surface area contributed by atoms with E-state index in [4.69, 9.17) is 4.74 Å². The highest BCUT2D eigenvalue weighted by Gasteiger charge is 2.47. The molecule has 4 rings (SSSR count). The van der Waals surface area contributed by atoms with Crippen LogP contribution in [0.3, 0.4) is 0 Å². The minimum atomic E-state index is -3.17. The summed E-state index contributed by atoms with van der Waals surface area (Å²) in [5.41, 5.74) is 2.23. The number of rotatable bonds is 6. The Balaban J connectivity index is 1.46. The number of fused-ring (bicyclic) bond motifs is 1. The van der Waals surface area contributed by atoms with Crippen molar-refractivity contribution in [2.75, 3.05) is 22.2 Å². The van der Waals surface area contributed by atoms with Crippen molar-refractivity contribution in [2.45, 2.75) is 25.6 Å². The van der Waals surface area contributed by atoms with Gasteiger partial charge in [-0.25, -0.2) is 8.42 Å². The molecule has 1 fully saturated rings. The Hall–Kier alpha value is -2.65. The molecule has 2 aromatic carbocycles. The minimum Gasteiger partial charge on any atom is -0.460 e. The average Bonchev–Trinajstić information content (AvgIpc) is 3.22. The van der Waals surface area contributed by atoms with E-state index in [-0.39, 0.29) is 47.7 Å². The Morgan fingerprint density at radius 1 is 1.10 bits per heavy atom. The first-order valence-electron chi connectivity index (χ1n) is 9.83.